The molecule has 256 valence electrons. The lowest BCUT2D eigenvalue weighted by Crippen LogP contribution is -2.36. The third-order valence-corrected chi connectivity index (χ3v) is 8.26. The first-order valence-corrected chi connectivity index (χ1v) is 15.1. The topological polar surface area (TPSA) is 121 Å². The average Bonchev–Trinajstić information content (AvgIpc) is 3.50. The second-order valence-corrected chi connectivity index (χ2v) is 11.4. The number of hydrogen-bond acceptors (Lipinski definition) is 8. The molecule has 1 unspecified atom stereocenters. The first-order chi connectivity index (χ1) is 23.3. The highest BCUT2D eigenvalue weighted by Gasteiger charge is 2.39. The molecular formula is C33H29F6N7O3. The third kappa shape index (κ3) is 7.13. The Hall–Kier alpha value is -5.25. The van der Waals surface area contributed by atoms with Crippen LogP contribution in [0.5, 0.6) is 11.5 Å². The second-order valence-electron chi connectivity index (χ2n) is 11.4. The summed E-state index contributed by atoms with van der Waals surface area (Å²) < 4.78 is 91.2. The minimum Gasteiger partial charge on any atom is -0.493 e. The lowest BCUT2D eigenvalue weighted by Gasteiger charge is -2.27. The number of carbonyl (C=O) groups is 1. The minimum atomic E-state index is -4.55. The van der Waals surface area contributed by atoms with Crippen molar-refractivity contribution in [2.75, 3.05) is 26.8 Å². The number of nitrogens with zero attached hydrogens (tertiary/aromatic N) is 6. The van der Waals surface area contributed by atoms with E-state index in [1.165, 1.54) is 25.6 Å². The van der Waals surface area contributed by atoms with Crippen molar-refractivity contribution < 1.29 is 40.6 Å². The van der Waals surface area contributed by atoms with E-state index in [4.69, 9.17) is 15.2 Å². The van der Waals surface area contributed by atoms with Crippen LogP contribution < -0.4 is 15.2 Å². The van der Waals surface area contributed by atoms with Gasteiger partial charge in [0.2, 0.25) is 11.7 Å². The van der Waals surface area contributed by atoms with Gasteiger partial charge < -0.3 is 19.8 Å². The second kappa shape index (κ2) is 13.3. The monoisotopic (exact) mass is 685 g/mol. The summed E-state index contributed by atoms with van der Waals surface area (Å²) >= 11 is 0. The summed E-state index contributed by atoms with van der Waals surface area (Å²) in [6, 6.07) is 14.6. The molecule has 0 saturated heterocycles. The number of carbonyl (C=O) groups excluding carboxylic acids is 1. The predicted molar refractivity (Wildman–Crippen MR) is 164 cm³/mol. The van der Waals surface area contributed by atoms with Crippen molar-refractivity contribution in [3.63, 3.8) is 0 Å². The smallest absolute Gasteiger partial charge is 0.451 e. The van der Waals surface area contributed by atoms with Gasteiger partial charge in [-0.05, 0) is 35.7 Å². The molecule has 3 heterocycles. The minimum absolute atomic E-state index is 0.145. The van der Waals surface area contributed by atoms with Gasteiger partial charge in [0.05, 0.1) is 43.0 Å². The van der Waals surface area contributed by atoms with Crippen LogP contribution in [0, 0.1) is 0 Å². The zero-order valence-corrected chi connectivity index (χ0v) is 25.9. The van der Waals surface area contributed by atoms with Gasteiger partial charge >= 0.3 is 12.4 Å². The molecule has 2 aromatic heterocycles. The Bertz CT molecular complexity index is 1960. The molecule has 0 fully saturated rings. The zero-order chi connectivity index (χ0) is 34.9. The Morgan fingerprint density at radius 1 is 0.898 bits per heavy atom. The van der Waals surface area contributed by atoms with E-state index in [1.807, 2.05) is 4.90 Å². The highest BCUT2D eigenvalue weighted by atomic mass is 19.4. The number of benzene rings is 3. The number of methoxy groups -OCH3 is 1. The molecule has 0 saturated carbocycles. The molecule has 1 aliphatic rings. The Balaban J connectivity index is 1.14. The Morgan fingerprint density at radius 3 is 2.22 bits per heavy atom. The van der Waals surface area contributed by atoms with E-state index in [0.717, 1.165) is 16.7 Å². The number of fused-ring (bicyclic) bond motifs is 2. The van der Waals surface area contributed by atoms with Crippen molar-refractivity contribution in [3.8, 4) is 22.8 Å². The Kier molecular flexibility index (Phi) is 9.16. The lowest BCUT2D eigenvalue weighted by atomic mass is 9.89. The summed E-state index contributed by atoms with van der Waals surface area (Å²) in [7, 11) is 1.50. The lowest BCUT2D eigenvalue weighted by molar-refractivity contribution is -0.148. The van der Waals surface area contributed by atoms with Crippen LogP contribution in [0.1, 0.15) is 40.7 Å². The number of ether oxygens (including phenoxy) is 2. The zero-order valence-electron chi connectivity index (χ0n) is 25.9. The van der Waals surface area contributed by atoms with Gasteiger partial charge in [0.1, 0.15) is 12.2 Å². The maximum absolute atomic E-state index is 13.1. The normalized spacial score (nSPS) is 14.4. The fraction of sp³-hybridized carbons (Fsp3) is 0.303. The summed E-state index contributed by atoms with van der Waals surface area (Å²) in [4.78, 5) is 23.2. The van der Waals surface area contributed by atoms with Crippen molar-refractivity contribution in [3.05, 3.63) is 95.3 Å². The van der Waals surface area contributed by atoms with Crippen LogP contribution in [-0.4, -0.2) is 62.3 Å². The summed E-state index contributed by atoms with van der Waals surface area (Å²) in [6.07, 6.45) is -7.07. The molecule has 49 heavy (non-hydrogen) atoms. The van der Waals surface area contributed by atoms with Gasteiger partial charge in [0, 0.05) is 36.7 Å². The van der Waals surface area contributed by atoms with E-state index in [0.29, 0.717) is 70.9 Å². The molecule has 2 N–H and O–H groups in total. The average molecular weight is 686 g/mol. The van der Waals surface area contributed by atoms with E-state index in [9.17, 15) is 31.1 Å². The number of halogens is 6. The highest BCUT2D eigenvalue weighted by Crippen LogP contribution is 2.37. The van der Waals surface area contributed by atoms with Gasteiger partial charge in [-0.3, -0.25) is 9.69 Å². The Labute approximate surface area is 275 Å². The molecule has 16 heteroatoms. The standard InChI is InChI=1S/C33H29F6N7O3/c1-48-25-15-23-24(16-26(25)49-14-2-11-45-12-13-46-27(17-45)43-44-31(46)33(37,38)39)41-18-42-29(23)21-5-3-19(4-6-21)28(30(40)47)20-7-9-22(10-8-20)32(34,35)36/h3-10,15-16,18,28H,2,11-14,17H2,1H3,(H2,40,47). The van der Waals surface area contributed by atoms with E-state index in [1.54, 1.807) is 36.4 Å². The molecule has 10 nitrogen and oxygen atoms in total. The predicted octanol–water partition coefficient (Wildman–Crippen LogP) is 5.84. The summed E-state index contributed by atoms with van der Waals surface area (Å²) in [5.41, 5.74) is 7.48. The number of primary amides is 1. The van der Waals surface area contributed by atoms with Gasteiger partial charge in [-0.1, -0.05) is 36.4 Å². The van der Waals surface area contributed by atoms with Gasteiger partial charge in [-0.25, -0.2) is 9.97 Å². The quantitative estimate of drug-likeness (QED) is 0.144. The van der Waals surface area contributed by atoms with Crippen LogP contribution in [0.2, 0.25) is 0 Å². The first-order valence-electron chi connectivity index (χ1n) is 15.1. The largest absolute Gasteiger partial charge is 0.493 e. The van der Waals surface area contributed by atoms with Gasteiger partial charge in [-0.2, -0.15) is 26.3 Å². The van der Waals surface area contributed by atoms with Crippen molar-refractivity contribution in [1.82, 2.24) is 29.6 Å². The molecule has 0 bridgehead atoms. The van der Waals surface area contributed by atoms with Crippen LogP contribution in [0.15, 0.2) is 67.0 Å². The fourth-order valence-electron chi connectivity index (χ4n) is 5.86. The maximum Gasteiger partial charge on any atom is 0.451 e. The van der Waals surface area contributed by atoms with Gasteiger partial charge in [0.15, 0.2) is 11.5 Å². The van der Waals surface area contributed by atoms with Crippen molar-refractivity contribution in [2.45, 2.75) is 37.8 Å². The van der Waals surface area contributed by atoms with E-state index >= 15 is 0 Å². The van der Waals surface area contributed by atoms with Crippen LogP contribution >= 0.6 is 0 Å². The molecule has 5 aromatic rings. The number of nitrogens with two attached hydrogens (primary N) is 1. The highest BCUT2D eigenvalue weighted by molar-refractivity contribution is 5.94. The molecule has 1 amide bonds. The van der Waals surface area contributed by atoms with E-state index in [-0.39, 0.29) is 18.9 Å². The van der Waals surface area contributed by atoms with E-state index < -0.39 is 35.6 Å². The summed E-state index contributed by atoms with van der Waals surface area (Å²) in [6.45, 7) is 1.69. The summed E-state index contributed by atoms with van der Waals surface area (Å²) in [5.74, 6) is -1.50. The number of rotatable bonds is 10. The summed E-state index contributed by atoms with van der Waals surface area (Å²) in [5, 5.41) is 7.68. The molecule has 0 spiro atoms. The fourth-order valence-corrected chi connectivity index (χ4v) is 5.86. The van der Waals surface area contributed by atoms with Crippen molar-refractivity contribution >= 4 is 16.8 Å². The third-order valence-electron chi connectivity index (χ3n) is 8.26. The molecule has 0 radical (unpaired) electrons. The van der Waals surface area contributed by atoms with Crippen LogP contribution in [0.3, 0.4) is 0 Å². The first kappa shape index (κ1) is 33.6. The molecule has 0 aliphatic carbocycles. The van der Waals surface area contributed by atoms with E-state index in [2.05, 4.69) is 20.2 Å². The number of amides is 1. The van der Waals surface area contributed by atoms with Gasteiger partial charge in [-0.15, -0.1) is 10.2 Å². The van der Waals surface area contributed by atoms with Gasteiger partial charge in [0.25, 0.3) is 0 Å². The molecular weight excluding hydrogens is 656 g/mol. The molecule has 3 aromatic carbocycles. The Morgan fingerprint density at radius 2 is 1.59 bits per heavy atom. The molecule has 6 rings (SSSR count). The van der Waals surface area contributed by atoms with Crippen molar-refractivity contribution in [2.24, 2.45) is 5.73 Å². The van der Waals surface area contributed by atoms with Crippen molar-refractivity contribution in [1.29, 1.82) is 0 Å². The van der Waals surface area contributed by atoms with Crippen LogP contribution in [0.25, 0.3) is 22.2 Å². The number of hydrogen-bond donors (Lipinski definition) is 1. The number of alkyl halides is 6. The maximum atomic E-state index is 13.1. The number of aromatic nitrogens is 5. The van der Waals surface area contributed by atoms with Crippen LogP contribution in [0.4, 0.5) is 26.3 Å². The molecule has 1 aliphatic heterocycles. The van der Waals surface area contributed by atoms with Crippen LogP contribution in [-0.2, 0) is 30.2 Å². The molecule has 1 atom stereocenters. The SMILES string of the molecule is COc1cc2c(-c3ccc(C(C(N)=O)c4ccc(C(F)(F)F)cc4)cc3)ncnc2cc1OCCCN1CCn2c(nnc2C(F)(F)F)C1.